The summed E-state index contributed by atoms with van der Waals surface area (Å²) in [6.07, 6.45) is 0. The van der Waals surface area contributed by atoms with Gasteiger partial charge in [-0.2, -0.15) is 0 Å². The van der Waals surface area contributed by atoms with Crippen molar-refractivity contribution in [1.82, 2.24) is 4.98 Å². The summed E-state index contributed by atoms with van der Waals surface area (Å²) < 4.78 is 33.6. The summed E-state index contributed by atoms with van der Waals surface area (Å²) in [7, 11) is -2.19. The topological polar surface area (TPSA) is 68.3 Å². The fourth-order valence-electron chi connectivity index (χ4n) is 2.54. The molecular weight excluding hydrogens is 324 g/mol. The van der Waals surface area contributed by atoms with Gasteiger partial charge in [0, 0.05) is 23.8 Å². The summed E-state index contributed by atoms with van der Waals surface area (Å²) in [5, 5.41) is 0.786. The van der Waals surface area contributed by atoms with Crippen molar-refractivity contribution in [2.24, 2.45) is 0 Å². The number of rotatable bonds is 5. The van der Waals surface area contributed by atoms with Crippen LogP contribution in [0, 0.1) is 6.92 Å². The van der Waals surface area contributed by atoms with Crippen molar-refractivity contribution < 1.29 is 13.2 Å². The van der Waals surface area contributed by atoms with Gasteiger partial charge in [-0.25, -0.2) is 8.42 Å². The van der Waals surface area contributed by atoms with Gasteiger partial charge < -0.3 is 4.74 Å². The van der Waals surface area contributed by atoms with Gasteiger partial charge in [0.15, 0.2) is 0 Å². The van der Waals surface area contributed by atoms with E-state index in [1.54, 1.807) is 31.4 Å². The lowest BCUT2D eigenvalue weighted by molar-refractivity contribution is 0.185. The number of methoxy groups -OCH3 is 1. The number of ether oxygens (including phenoxy) is 1. The smallest absolute Gasteiger partial charge is 0.264 e. The lowest BCUT2D eigenvalue weighted by atomic mass is 10.2. The molecule has 3 rings (SSSR count). The highest BCUT2D eigenvalue weighted by Crippen LogP contribution is 2.25. The van der Waals surface area contributed by atoms with Crippen molar-refractivity contribution in [3.63, 3.8) is 0 Å². The SMILES string of the molecule is COCc1ccccc1NS(=O)(=O)c1cccc2ccc(C)nc12. The van der Waals surface area contributed by atoms with Crippen LogP contribution in [0.4, 0.5) is 5.69 Å². The Morgan fingerprint density at radius 3 is 2.62 bits per heavy atom. The number of fused-ring (bicyclic) bond motifs is 1. The van der Waals surface area contributed by atoms with Crippen molar-refractivity contribution in [2.45, 2.75) is 18.4 Å². The van der Waals surface area contributed by atoms with E-state index in [1.165, 1.54) is 0 Å². The van der Waals surface area contributed by atoms with Crippen molar-refractivity contribution >= 4 is 26.6 Å². The Kier molecular flexibility index (Phi) is 4.51. The minimum atomic E-state index is -3.77. The van der Waals surface area contributed by atoms with Crippen molar-refractivity contribution in [1.29, 1.82) is 0 Å². The van der Waals surface area contributed by atoms with Gasteiger partial charge in [0.05, 0.1) is 17.8 Å². The number of nitrogens with zero attached hydrogens (tertiary/aromatic N) is 1. The Bertz CT molecular complexity index is 984. The molecule has 0 amide bonds. The van der Waals surface area contributed by atoms with Crippen molar-refractivity contribution in [3.8, 4) is 0 Å². The number of sulfonamides is 1. The third-order valence-corrected chi connectivity index (χ3v) is 5.07. The Labute approximate surface area is 141 Å². The minimum Gasteiger partial charge on any atom is -0.380 e. The van der Waals surface area contributed by atoms with E-state index in [0.29, 0.717) is 17.8 Å². The number of nitrogens with one attached hydrogen (secondary N) is 1. The first-order valence-electron chi connectivity index (χ1n) is 7.47. The molecule has 1 aromatic heterocycles. The van der Waals surface area contributed by atoms with Crippen LogP contribution in [-0.4, -0.2) is 20.5 Å². The van der Waals surface area contributed by atoms with Crippen LogP contribution in [0.2, 0.25) is 0 Å². The normalized spacial score (nSPS) is 11.6. The predicted molar refractivity (Wildman–Crippen MR) is 94.4 cm³/mol. The molecule has 2 aromatic carbocycles. The molecule has 6 heteroatoms. The van der Waals surface area contributed by atoms with E-state index in [-0.39, 0.29) is 4.90 Å². The van der Waals surface area contributed by atoms with Crippen LogP contribution < -0.4 is 4.72 Å². The third kappa shape index (κ3) is 3.25. The number of aromatic nitrogens is 1. The first kappa shape index (κ1) is 16.4. The van der Waals surface area contributed by atoms with E-state index in [4.69, 9.17) is 4.74 Å². The van der Waals surface area contributed by atoms with Crippen LogP contribution in [0.15, 0.2) is 59.5 Å². The molecule has 0 unspecified atom stereocenters. The first-order chi connectivity index (χ1) is 11.5. The Hall–Kier alpha value is -2.44. The predicted octanol–water partition coefficient (Wildman–Crippen LogP) is 3.49. The van der Waals surface area contributed by atoms with Crippen molar-refractivity contribution in [2.75, 3.05) is 11.8 Å². The summed E-state index contributed by atoms with van der Waals surface area (Å²) in [5.41, 5.74) is 2.51. The molecule has 0 bridgehead atoms. The van der Waals surface area contributed by atoms with Crippen LogP contribution in [0.3, 0.4) is 0 Å². The van der Waals surface area contributed by atoms with Crippen LogP contribution in [0.5, 0.6) is 0 Å². The van der Waals surface area contributed by atoms with Gasteiger partial charge in [-0.1, -0.05) is 36.4 Å². The highest BCUT2D eigenvalue weighted by atomic mass is 32.2. The highest BCUT2D eigenvalue weighted by Gasteiger charge is 2.19. The largest absolute Gasteiger partial charge is 0.380 e. The quantitative estimate of drug-likeness (QED) is 0.771. The van der Waals surface area contributed by atoms with Gasteiger partial charge in [0.1, 0.15) is 4.90 Å². The molecular formula is C18H18N2O3S. The van der Waals surface area contributed by atoms with E-state index in [9.17, 15) is 8.42 Å². The molecule has 24 heavy (non-hydrogen) atoms. The molecule has 124 valence electrons. The average Bonchev–Trinajstić information content (AvgIpc) is 2.56. The molecule has 1 N–H and O–H groups in total. The Morgan fingerprint density at radius 2 is 1.83 bits per heavy atom. The molecule has 0 aliphatic carbocycles. The number of pyridine rings is 1. The molecule has 1 heterocycles. The maximum Gasteiger partial charge on any atom is 0.264 e. The highest BCUT2D eigenvalue weighted by molar-refractivity contribution is 7.93. The van der Waals surface area contributed by atoms with E-state index in [1.807, 2.05) is 37.3 Å². The lowest BCUT2D eigenvalue weighted by Gasteiger charge is -2.13. The fraction of sp³-hybridized carbons (Fsp3) is 0.167. The molecule has 0 aliphatic rings. The van der Waals surface area contributed by atoms with Gasteiger partial charge in [-0.15, -0.1) is 0 Å². The number of hydrogen-bond donors (Lipinski definition) is 1. The van der Waals surface area contributed by atoms with Gasteiger partial charge in [-0.3, -0.25) is 9.71 Å². The summed E-state index contributed by atoms with van der Waals surface area (Å²) in [6, 6.07) is 16.0. The van der Waals surface area contributed by atoms with E-state index >= 15 is 0 Å². The zero-order valence-electron chi connectivity index (χ0n) is 13.5. The van der Waals surface area contributed by atoms with E-state index in [0.717, 1.165) is 16.6 Å². The molecule has 0 aliphatic heterocycles. The molecule has 0 saturated heterocycles. The number of para-hydroxylation sites is 2. The second-order valence-electron chi connectivity index (χ2n) is 5.48. The lowest BCUT2D eigenvalue weighted by Crippen LogP contribution is -2.15. The Morgan fingerprint density at radius 1 is 1.04 bits per heavy atom. The number of hydrogen-bond acceptors (Lipinski definition) is 4. The van der Waals surface area contributed by atoms with Gasteiger partial charge in [0.2, 0.25) is 0 Å². The van der Waals surface area contributed by atoms with E-state index in [2.05, 4.69) is 9.71 Å². The monoisotopic (exact) mass is 342 g/mol. The van der Waals surface area contributed by atoms with Gasteiger partial charge >= 0.3 is 0 Å². The molecule has 0 fully saturated rings. The molecule has 0 saturated carbocycles. The van der Waals surface area contributed by atoms with Gasteiger partial charge in [-0.05, 0) is 25.1 Å². The average molecular weight is 342 g/mol. The zero-order valence-corrected chi connectivity index (χ0v) is 14.3. The van der Waals surface area contributed by atoms with E-state index < -0.39 is 10.0 Å². The van der Waals surface area contributed by atoms with Crippen LogP contribution in [-0.2, 0) is 21.4 Å². The summed E-state index contributed by atoms with van der Waals surface area (Å²) in [5.74, 6) is 0. The number of aryl methyl sites for hydroxylation is 1. The standard InChI is InChI=1S/C18H18N2O3S/c1-13-10-11-14-7-5-9-17(18(14)19-13)24(21,22)20-16-8-4-3-6-15(16)12-23-2/h3-11,20H,12H2,1-2H3. The van der Waals surface area contributed by atoms with Crippen LogP contribution >= 0.6 is 0 Å². The summed E-state index contributed by atoms with van der Waals surface area (Å²) >= 11 is 0. The third-order valence-electron chi connectivity index (χ3n) is 3.67. The zero-order chi connectivity index (χ0) is 17.2. The van der Waals surface area contributed by atoms with Crippen LogP contribution in [0.1, 0.15) is 11.3 Å². The molecule has 0 atom stereocenters. The maximum absolute atomic E-state index is 12.9. The first-order valence-corrected chi connectivity index (χ1v) is 8.95. The summed E-state index contributed by atoms with van der Waals surface area (Å²) in [6.45, 7) is 2.16. The molecule has 0 spiro atoms. The second kappa shape index (κ2) is 6.59. The molecule has 3 aromatic rings. The molecule has 5 nitrogen and oxygen atoms in total. The number of anilines is 1. The second-order valence-corrected chi connectivity index (χ2v) is 7.13. The van der Waals surface area contributed by atoms with Crippen LogP contribution in [0.25, 0.3) is 10.9 Å². The van der Waals surface area contributed by atoms with Gasteiger partial charge in [0.25, 0.3) is 10.0 Å². The molecule has 0 radical (unpaired) electrons. The maximum atomic E-state index is 12.9. The van der Waals surface area contributed by atoms with Crippen molar-refractivity contribution in [3.05, 3.63) is 65.9 Å². The summed E-state index contributed by atoms with van der Waals surface area (Å²) in [4.78, 5) is 4.56. The Balaban J connectivity index is 2.08. The number of benzene rings is 2. The fourth-order valence-corrected chi connectivity index (χ4v) is 3.81. The minimum absolute atomic E-state index is 0.163.